The molecule has 0 radical (unpaired) electrons. The SMILES string of the molecule is C=C[C@@H]1C[C@H]1NC(=O)OC(C)(C)C. The fourth-order valence-electron chi connectivity index (χ4n) is 1.10. The second-order valence-electron chi connectivity index (χ2n) is 4.39. The third-order valence-electron chi connectivity index (χ3n) is 1.84. The van der Waals surface area contributed by atoms with Gasteiger partial charge in [-0.05, 0) is 33.1 Å². The van der Waals surface area contributed by atoms with E-state index in [0.29, 0.717) is 5.92 Å². The van der Waals surface area contributed by atoms with Crippen molar-refractivity contribution in [2.45, 2.75) is 38.8 Å². The number of hydrogen-bond donors (Lipinski definition) is 1. The fourth-order valence-corrected chi connectivity index (χ4v) is 1.10. The Morgan fingerprint density at radius 2 is 2.23 bits per heavy atom. The van der Waals surface area contributed by atoms with Crippen LogP contribution in [0.3, 0.4) is 0 Å². The van der Waals surface area contributed by atoms with Gasteiger partial charge in [0.25, 0.3) is 0 Å². The van der Waals surface area contributed by atoms with Gasteiger partial charge < -0.3 is 10.1 Å². The first kappa shape index (κ1) is 10.1. The van der Waals surface area contributed by atoms with E-state index < -0.39 is 5.60 Å². The maximum Gasteiger partial charge on any atom is 0.407 e. The summed E-state index contributed by atoms with van der Waals surface area (Å²) < 4.78 is 5.10. The van der Waals surface area contributed by atoms with E-state index in [1.165, 1.54) is 0 Å². The highest BCUT2D eigenvalue weighted by Crippen LogP contribution is 2.31. The van der Waals surface area contributed by atoms with Gasteiger partial charge in [-0.1, -0.05) is 6.08 Å². The van der Waals surface area contributed by atoms with Crippen LogP contribution in [0.15, 0.2) is 12.7 Å². The number of nitrogens with one attached hydrogen (secondary N) is 1. The van der Waals surface area contributed by atoms with E-state index in [1.807, 2.05) is 26.8 Å². The van der Waals surface area contributed by atoms with Crippen LogP contribution in [0.25, 0.3) is 0 Å². The second kappa shape index (κ2) is 3.40. The van der Waals surface area contributed by atoms with Crippen molar-refractivity contribution in [2.75, 3.05) is 0 Å². The molecule has 0 aromatic heterocycles. The second-order valence-corrected chi connectivity index (χ2v) is 4.39. The van der Waals surface area contributed by atoms with Crippen LogP contribution < -0.4 is 5.32 Å². The Balaban J connectivity index is 2.23. The Morgan fingerprint density at radius 1 is 1.62 bits per heavy atom. The summed E-state index contributed by atoms with van der Waals surface area (Å²) in [5.41, 5.74) is -0.414. The molecule has 1 aliphatic rings. The van der Waals surface area contributed by atoms with Crippen molar-refractivity contribution in [3.05, 3.63) is 12.7 Å². The highest BCUT2D eigenvalue weighted by molar-refractivity contribution is 5.68. The Hall–Kier alpha value is -0.990. The first-order valence-corrected chi connectivity index (χ1v) is 4.54. The third-order valence-corrected chi connectivity index (χ3v) is 1.84. The van der Waals surface area contributed by atoms with Crippen LogP contribution in [0.2, 0.25) is 0 Å². The Bertz CT molecular complexity index is 217. The monoisotopic (exact) mass is 183 g/mol. The molecule has 1 amide bonds. The van der Waals surface area contributed by atoms with Gasteiger partial charge >= 0.3 is 6.09 Å². The lowest BCUT2D eigenvalue weighted by Crippen LogP contribution is -2.34. The molecule has 0 bridgehead atoms. The van der Waals surface area contributed by atoms with Crippen molar-refractivity contribution in [2.24, 2.45) is 5.92 Å². The Morgan fingerprint density at radius 3 is 2.62 bits per heavy atom. The summed E-state index contributed by atoms with van der Waals surface area (Å²) in [4.78, 5) is 11.2. The predicted octanol–water partition coefficient (Wildman–Crippen LogP) is 2.09. The molecule has 0 spiro atoms. The number of rotatable bonds is 2. The number of carbonyl (C=O) groups is 1. The van der Waals surface area contributed by atoms with Crippen molar-refractivity contribution >= 4 is 6.09 Å². The normalized spacial score (nSPS) is 26.4. The first-order valence-electron chi connectivity index (χ1n) is 4.54. The zero-order chi connectivity index (χ0) is 10.1. The van der Waals surface area contributed by atoms with Gasteiger partial charge in [-0.15, -0.1) is 6.58 Å². The highest BCUT2D eigenvalue weighted by Gasteiger charge is 2.36. The van der Waals surface area contributed by atoms with E-state index in [9.17, 15) is 4.79 Å². The lowest BCUT2D eigenvalue weighted by atomic mass is 10.2. The van der Waals surface area contributed by atoms with Crippen LogP contribution >= 0.6 is 0 Å². The van der Waals surface area contributed by atoms with Crippen LogP contribution in [0.1, 0.15) is 27.2 Å². The molecule has 74 valence electrons. The molecule has 1 fully saturated rings. The quantitative estimate of drug-likeness (QED) is 0.666. The predicted molar refractivity (Wildman–Crippen MR) is 51.5 cm³/mol. The first-order chi connectivity index (χ1) is 5.92. The number of carbonyl (C=O) groups excluding carboxylic acids is 1. The van der Waals surface area contributed by atoms with Gasteiger partial charge in [-0.3, -0.25) is 0 Å². The van der Waals surface area contributed by atoms with Gasteiger partial charge in [0.2, 0.25) is 0 Å². The molecule has 1 saturated carbocycles. The van der Waals surface area contributed by atoms with Gasteiger partial charge in [0.1, 0.15) is 5.60 Å². The zero-order valence-electron chi connectivity index (χ0n) is 8.46. The molecule has 1 aliphatic carbocycles. The van der Waals surface area contributed by atoms with Gasteiger partial charge in [0.15, 0.2) is 0 Å². The third kappa shape index (κ3) is 3.49. The lowest BCUT2D eigenvalue weighted by Gasteiger charge is -2.19. The molecular formula is C10H17NO2. The van der Waals surface area contributed by atoms with Crippen molar-refractivity contribution in [3.63, 3.8) is 0 Å². The molecule has 0 aromatic carbocycles. The largest absolute Gasteiger partial charge is 0.444 e. The summed E-state index contributed by atoms with van der Waals surface area (Å²) in [5.74, 6) is 0.438. The molecule has 3 heteroatoms. The van der Waals surface area contributed by atoms with E-state index in [2.05, 4.69) is 11.9 Å². The summed E-state index contributed by atoms with van der Waals surface area (Å²) in [6, 6.07) is 0.243. The number of hydrogen-bond acceptors (Lipinski definition) is 2. The van der Waals surface area contributed by atoms with Crippen LogP contribution in [0, 0.1) is 5.92 Å². The number of amides is 1. The topological polar surface area (TPSA) is 38.3 Å². The molecule has 2 atom stereocenters. The maximum absolute atomic E-state index is 11.2. The van der Waals surface area contributed by atoms with Crippen LogP contribution in [0.4, 0.5) is 4.79 Å². The molecular weight excluding hydrogens is 166 g/mol. The van der Waals surface area contributed by atoms with Crippen molar-refractivity contribution in [3.8, 4) is 0 Å². The van der Waals surface area contributed by atoms with Gasteiger partial charge in [-0.2, -0.15) is 0 Å². The van der Waals surface area contributed by atoms with Crippen molar-refractivity contribution < 1.29 is 9.53 Å². The van der Waals surface area contributed by atoms with E-state index in [1.54, 1.807) is 0 Å². The van der Waals surface area contributed by atoms with E-state index in [-0.39, 0.29) is 12.1 Å². The summed E-state index contributed by atoms with van der Waals surface area (Å²) in [6.45, 7) is 9.22. The van der Waals surface area contributed by atoms with E-state index in [0.717, 1.165) is 6.42 Å². The molecule has 3 nitrogen and oxygen atoms in total. The molecule has 0 saturated heterocycles. The Labute approximate surface area is 79.2 Å². The van der Waals surface area contributed by atoms with Gasteiger partial charge in [0.05, 0.1) is 0 Å². The standard InChI is InChI=1S/C10H17NO2/c1-5-7-6-8(7)11-9(12)13-10(2,3)4/h5,7-8H,1,6H2,2-4H3,(H,11,12)/t7-,8-/m1/s1. The fraction of sp³-hybridized carbons (Fsp3) is 0.700. The maximum atomic E-state index is 11.2. The van der Waals surface area contributed by atoms with Crippen molar-refractivity contribution in [1.29, 1.82) is 0 Å². The molecule has 13 heavy (non-hydrogen) atoms. The minimum absolute atomic E-state index is 0.243. The van der Waals surface area contributed by atoms with E-state index >= 15 is 0 Å². The summed E-state index contributed by atoms with van der Waals surface area (Å²) >= 11 is 0. The van der Waals surface area contributed by atoms with Crippen LogP contribution in [-0.4, -0.2) is 17.7 Å². The van der Waals surface area contributed by atoms with Crippen molar-refractivity contribution in [1.82, 2.24) is 5.32 Å². The summed E-state index contributed by atoms with van der Waals surface area (Å²) in [7, 11) is 0. The summed E-state index contributed by atoms with van der Waals surface area (Å²) in [5, 5.41) is 2.78. The average Bonchev–Trinajstić information content (AvgIpc) is 2.62. The minimum atomic E-state index is -0.414. The summed E-state index contributed by atoms with van der Waals surface area (Å²) in [6.07, 6.45) is 2.52. The molecule has 0 heterocycles. The molecule has 0 unspecified atom stereocenters. The number of ether oxygens (including phenoxy) is 1. The van der Waals surface area contributed by atoms with Crippen LogP contribution in [0.5, 0.6) is 0 Å². The smallest absolute Gasteiger partial charge is 0.407 e. The average molecular weight is 183 g/mol. The molecule has 1 N–H and O–H groups in total. The molecule has 0 aliphatic heterocycles. The highest BCUT2D eigenvalue weighted by atomic mass is 16.6. The molecule has 1 rings (SSSR count). The van der Waals surface area contributed by atoms with Gasteiger partial charge in [0, 0.05) is 6.04 Å². The van der Waals surface area contributed by atoms with Gasteiger partial charge in [-0.25, -0.2) is 4.79 Å². The lowest BCUT2D eigenvalue weighted by molar-refractivity contribution is 0.0522. The minimum Gasteiger partial charge on any atom is -0.444 e. The van der Waals surface area contributed by atoms with Crippen LogP contribution in [-0.2, 0) is 4.74 Å². The Kier molecular flexibility index (Phi) is 2.64. The molecule has 0 aromatic rings. The van der Waals surface area contributed by atoms with E-state index in [4.69, 9.17) is 4.74 Å². The zero-order valence-corrected chi connectivity index (χ0v) is 8.46. The number of alkyl carbamates (subject to hydrolysis) is 1.